The number of aliphatic hydroxyl groups excluding tert-OH is 1. The molecule has 1 aromatic carbocycles. The summed E-state index contributed by atoms with van der Waals surface area (Å²) in [5.74, 6) is -0.0452. The van der Waals surface area contributed by atoms with Crippen molar-refractivity contribution in [2.24, 2.45) is 0 Å². The third-order valence-corrected chi connectivity index (χ3v) is 3.97. The predicted molar refractivity (Wildman–Crippen MR) is 74.6 cm³/mol. The van der Waals surface area contributed by atoms with Crippen LogP contribution in [-0.4, -0.2) is 48.2 Å². The van der Waals surface area contributed by atoms with Gasteiger partial charge in [0.05, 0.1) is 6.61 Å². The molecule has 0 saturated carbocycles. The molecule has 1 saturated heterocycles. The fraction of sp³-hybridized carbons (Fsp3) is 0.462. The first-order chi connectivity index (χ1) is 8.54. The summed E-state index contributed by atoms with van der Waals surface area (Å²) >= 11 is 3.41. The Morgan fingerprint density at radius 3 is 2.83 bits per heavy atom. The number of aliphatic hydroxyl groups is 1. The lowest BCUT2D eigenvalue weighted by Crippen LogP contribution is -2.61. The summed E-state index contributed by atoms with van der Waals surface area (Å²) in [6.07, 6.45) is 0. The van der Waals surface area contributed by atoms with Gasteiger partial charge in [0.2, 0.25) is 5.91 Å². The van der Waals surface area contributed by atoms with Crippen molar-refractivity contribution in [3.8, 4) is 0 Å². The van der Waals surface area contributed by atoms with Crippen LogP contribution in [0.2, 0.25) is 0 Å². The number of benzene rings is 1. The number of hydrogen-bond acceptors (Lipinski definition) is 3. The highest BCUT2D eigenvalue weighted by Gasteiger charge is 2.36. The minimum atomic E-state index is -0.451. The molecule has 1 amide bonds. The van der Waals surface area contributed by atoms with Crippen LogP contribution in [0.1, 0.15) is 6.92 Å². The van der Waals surface area contributed by atoms with E-state index in [2.05, 4.69) is 22.9 Å². The van der Waals surface area contributed by atoms with E-state index in [1.807, 2.05) is 36.2 Å². The fourth-order valence-corrected chi connectivity index (χ4v) is 2.61. The van der Waals surface area contributed by atoms with Gasteiger partial charge in [0.15, 0.2) is 0 Å². The molecule has 98 valence electrons. The molecule has 4 nitrogen and oxygen atoms in total. The fourth-order valence-electron chi connectivity index (χ4n) is 2.23. The Kier molecular flexibility index (Phi) is 4.04. The molecule has 1 aromatic rings. The molecule has 0 radical (unpaired) electrons. The molecule has 2 unspecified atom stereocenters. The molecular formula is C13H17BrN2O2. The lowest BCUT2D eigenvalue weighted by molar-refractivity contribution is -0.128. The standard InChI is InChI=1S/C13H17BrN2O2/c1-9-7-16(11-5-3-4-10(14)6-11)13(18)12(8-17)15(9)2/h3-6,9,12,17H,7-8H2,1-2H3. The average Bonchev–Trinajstić information content (AvgIpc) is 2.34. The summed E-state index contributed by atoms with van der Waals surface area (Å²) in [5.41, 5.74) is 0.868. The van der Waals surface area contributed by atoms with Crippen LogP contribution in [0.25, 0.3) is 0 Å². The minimum absolute atomic E-state index is 0.0452. The highest BCUT2D eigenvalue weighted by atomic mass is 79.9. The van der Waals surface area contributed by atoms with Gasteiger partial charge in [-0.15, -0.1) is 0 Å². The average molecular weight is 313 g/mol. The molecule has 1 aliphatic rings. The Morgan fingerprint density at radius 2 is 2.22 bits per heavy atom. The monoisotopic (exact) mass is 312 g/mol. The number of carbonyl (C=O) groups excluding carboxylic acids is 1. The van der Waals surface area contributed by atoms with Crippen LogP contribution in [0, 0.1) is 0 Å². The summed E-state index contributed by atoms with van der Waals surface area (Å²) in [6.45, 7) is 2.55. The molecule has 2 rings (SSSR count). The maximum absolute atomic E-state index is 12.3. The van der Waals surface area contributed by atoms with Crippen molar-refractivity contribution in [1.82, 2.24) is 4.90 Å². The first kappa shape index (κ1) is 13.5. The normalized spacial score (nSPS) is 25.6. The van der Waals surface area contributed by atoms with E-state index in [9.17, 15) is 9.90 Å². The largest absolute Gasteiger partial charge is 0.394 e. The van der Waals surface area contributed by atoms with E-state index in [4.69, 9.17) is 0 Å². The molecule has 0 aliphatic carbocycles. The minimum Gasteiger partial charge on any atom is -0.394 e. The number of amides is 1. The number of halogens is 1. The number of carbonyl (C=O) groups is 1. The van der Waals surface area contributed by atoms with Crippen LogP contribution in [0.3, 0.4) is 0 Å². The third-order valence-electron chi connectivity index (χ3n) is 3.48. The molecule has 1 aliphatic heterocycles. The van der Waals surface area contributed by atoms with E-state index in [1.165, 1.54) is 0 Å². The van der Waals surface area contributed by atoms with Gasteiger partial charge in [-0.25, -0.2) is 0 Å². The lowest BCUT2D eigenvalue weighted by Gasteiger charge is -2.42. The van der Waals surface area contributed by atoms with Crippen LogP contribution < -0.4 is 4.90 Å². The predicted octanol–water partition coefficient (Wildman–Crippen LogP) is 1.48. The topological polar surface area (TPSA) is 43.8 Å². The van der Waals surface area contributed by atoms with E-state index in [0.29, 0.717) is 6.54 Å². The van der Waals surface area contributed by atoms with Gasteiger partial charge >= 0.3 is 0 Å². The van der Waals surface area contributed by atoms with Gasteiger partial charge in [-0.05, 0) is 32.2 Å². The molecule has 18 heavy (non-hydrogen) atoms. The van der Waals surface area contributed by atoms with E-state index in [0.717, 1.165) is 10.2 Å². The van der Waals surface area contributed by atoms with Gasteiger partial charge in [-0.2, -0.15) is 0 Å². The Bertz CT molecular complexity index is 452. The van der Waals surface area contributed by atoms with Gasteiger partial charge in [-0.1, -0.05) is 22.0 Å². The zero-order valence-corrected chi connectivity index (χ0v) is 12.1. The Balaban J connectivity index is 2.31. The number of likely N-dealkylation sites (N-methyl/N-ethyl adjacent to an activating group) is 1. The van der Waals surface area contributed by atoms with E-state index < -0.39 is 6.04 Å². The van der Waals surface area contributed by atoms with Gasteiger partial charge in [0.1, 0.15) is 6.04 Å². The molecule has 1 heterocycles. The van der Waals surface area contributed by atoms with Crippen LogP contribution in [0.4, 0.5) is 5.69 Å². The molecule has 5 heteroatoms. The second-order valence-electron chi connectivity index (χ2n) is 4.64. The van der Waals surface area contributed by atoms with Crippen molar-refractivity contribution in [3.05, 3.63) is 28.7 Å². The number of nitrogens with zero attached hydrogens (tertiary/aromatic N) is 2. The summed E-state index contributed by atoms with van der Waals surface area (Å²) < 4.78 is 0.944. The third kappa shape index (κ3) is 2.43. The van der Waals surface area contributed by atoms with Gasteiger partial charge in [-0.3, -0.25) is 9.69 Å². The zero-order chi connectivity index (χ0) is 13.3. The molecule has 2 atom stereocenters. The van der Waals surface area contributed by atoms with Crippen molar-refractivity contribution in [2.45, 2.75) is 19.0 Å². The van der Waals surface area contributed by atoms with Gasteiger partial charge < -0.3 is 10.0 Å². The molecule has 0 bridgehead atoms. The highest BCUT2D eigenvalue weighted by Crippen LogP contribution is 2.25. The first-order valence-corrected chi connectivity index (χ1v) is 6.73. The van der Waals surface area contributed by atoms with Crippen molar-refractivity contribution in [2.75, 3.05) is 25.1 Å². The summed E-state index contributed by atoms with van der Waals surface area (Å²) in [6, 6.07) is 7.44. The van der Waals surface area contributed by atoms with E-state index in [-0.39, 0.29) is 18.6 Å². The molecule has 1 fully saturated rings. The number of piperazine rings is 1. The van der Waals surface area contributed by atoms with Crippen LogP contribution >= 0.6 is 15.9 Å². The molecule has 1 N–H and O–H groups in total. The molecular weight excluding hydrogens is 296 g/mol. The van der Waals surface area contributed by atoms with Crippen molar-refractivity contribution in [1.29, 1.82) is 0 Å². The summed E-state index contributed by atoms with van der Waals surface area (Å²) in [7, 11) is 1.88. The summed E-state index contributed by atoms with van der Waals surface area (Å²) in [5, 5.41) is 9.37. The second-order valence-corrected chi connectivity index (χ2v) is 5.56. The maximum atomic E-state index is 12.3. The zero-order valence-electron chi connectivity index (χ0n) is 10.5. The molecule has 0 spiro atoms. The van der Waals surface area contributed by atoms with Crippen molar-refractivity contribution < 1.29 is 9.90 Å². The van der Waals surface area contributed by atoms with Gasteiger partial charge in [0, 0.05) is 22.7 Å². The first-order valence-electron chi connectivity index (χ1n) is 5.94. The molecule has 0 aromatic heterocycles. The summed E-state index contributed by atoms with van der Waals surface area (Å²) in [4.78, 5) is 16.0. The number of rotatable bonds is 2. The van der Waals surface area contributed by atoms with Crippen LogP contribution in [-0.2, 0) is 4.79 Å². The maximum Gasteiger partial charge on any atom is 0.246 e. The van der Waals surface area contributed by atoms with Gasteiger partial charge in [0.25, 0.3) is 0 Å². The van der Waals surface area contributed by atoms with Crippen molar-refractivity contribution >= 4 is 27.5 Å². The number of hydrogen-bond donors (Lipinski definition) is 1. The highest BCUT2D eigenvalue weighted by molar-refractivity contribution is 9.10. The quantitative estimate of drug-likeness (QED) is 0.899. The van der Waals surface area contributed by atoms with Crippen molar-refractivity contribution in [3.63, 3.8) is 0 Å². The lowest BCUT2D eigenvalue weighted by atomic mass is 10.1. The van der Waals surface area contributed by atoms with Crippen LogP contribution in [0.15, 0.2) is 28.7 Å². The smallest absolute Gasteiger partial charge is 0.246 e. The van der Waals surface area contributed by atoms with E-state index >= 15 is 0 Å². The number of anilines is 1. The van der Waals surface area contributed by atoms with Crippen LogP contribution in [0.5, 0.6) is 0 Å². The van der Waals surface area contributed by atoms with E-state index in [1.54, 1.807) is 4.90 Å². The Morgan fingerprint density at radius 1 is 1.50 bits per heavy atom. The SMILES string of the molecule is CC1CN(c2cccc(Br)c2)C(=O)C(CO)N1C. The Hall–Kier alpha value is -0.910. The Labute approximate surface area is 115 Å². The second kappa shape index (κ2) is 5.38.